The summed E-state index contributed by atoms with van der Waals surface area (Å²) in [5, 5.41) is 84.4. The molecule has 0 saturated carbocycles. The standard InChI is InChI=1S/C45H46N8O20S2/c1-6-21(33(58)19(3)55)36(61)47-20(12-54)13-72-44(69)24(48-37(62)22-8-7-9-27(56)34(22)59)15-73-43(68)23(14-70-4)49-38(63)29-25(10-11-28(57)35(29)60)52-26(17-75-45(52)46)30(51-71-5)39(64)50-31-40(65)53-32(42(66)67)18(2)16-74-41(31)53/h6-12,17,20,23-24,31,41,46H,1,3,13-16H2,2,4-5H3,(H11,47,48,49,50,51,55,56,57,58,59,60,61,62,63,64,66,67)/p+1. The van der Waals surface area contributed by atoms with Gasteiger partial charge in [0.1, 0.15) is 55.3 Å². The third kappa shape index (κ3) is 12.4. The second-order valence-electron chi connectivity index (χ2n) is 15.6. The molecule has 3 heterocycles. The molecule has 1 fully saturated rings. The van der Waals surface area contributed by atoms with Crippen molar-refractivity contribution in [2.75, 3.05) is 45.5 Å². The van der Waals surface area contributed by atoms with E-state index in [0.717, 1.165) is 71.4 Å². The van der Waals surface area contributed by atoms with E-state index in [9.17, 15) is 78.9 Å². The van der Waals surface area contributed by atoms with Crippen LogP contribution in [0.3, 0.4) is 0 Å². The molecule has 1 aromatic heterocycles. The monoisotopic (exact) mass is 1080 g/mol. The van der Waals surface area contributed by atoms with Crippen LogP contribution < -0.4 is 31.6 Å². The Hall–Kier alpha value is -9.16. The topological polar surface area (TPSA) is 426 Å². The van der Waals surface area contributed by atoms with Crippen LogP contribution in [-0.2, 0) is 52.6 Å². The number of aldehydes is 1. The number of thiazole rings is 1. The molecule has 5 amide bonds. The van der Waals surface area contributed by atoms with Crippen LogP contribution >= 0.6 is 23.1 Å². The third-order valence-corrected chi connectivity index (χ3v) is 12.9. The van der Waals surface area contributed by atoms with Gasteiger partial charge in [0.05, 0.1) is 17.7 Å². The van der Waals surface area contributed by atoms with E-state index in [0.29, 0.717) is 5.57 Å². The number of carbonyl (C=O) groups excluding carboxylic acids is 8. The lowest BCUT2D eigenvalue weighted by atomic mass is 10.0. The highest BCUT2D eigenvalue weighted by molar-refractivity contribution is 8.00. The quantitative estimate of drug-likeness (QED) is 0.00513. The minimum atomic E-state index is -2.03. The molecule has 398 valence electrons. The van der Waals surface area contributed by atoms with E-state index >= 15 is 0 Å². The van der Waals surface area contributed by atoms with Crippen molar-refractivity contribution in [1.29, 1.82) is 0 Å². The van der Waals surface area contributed by atoms with E-state index in [1.807, 2.05) is 0 Å². The summed E-state index contributed by atoms with van der Waals surface area (Å²) in [5.41, 5.74) is 3.47. The maximum absolute atomic E-state index is 14.2. The number of nitrogens with one attached hydrogen (secondary N) is 4. The normalized spacial score (nSPS) is 16.5. The molecule has 0 radical (unpaired) electrons. The van der Waals surface area contributed by atoms with Crippen molar-refractivity contribution in [1.82, 2.24) is 26.2 Å². The van der Waals surface area contributed by atoms with Crippen molar-refractivity contribution in [3.63, 3.8) is 0 Å². The molecule has 28 nitrogen and oxygen atoms in total. The van der Waals surface area contributed by atoms with Crippen LogP contribution in [0, 0.1) is 0 Å². The number of benzene rings is 2. The molecule has 13 N–H and O–H groups in total. The predicted molar refractivity (Wildman–Crippen MR) is 258 cm³/mol. The number of carbonyl (C=O) groups is 9. The van der Waals surface area contributed by atoms with Gasteiger partial charge in [-0.15, -0.1) is 11.8 Å². The second kappa shape index (κ2) is 24.5. The first-order chi connectivity index (χ1) is 35.5. The Morgan fingerprint density at radius 1 is 0.907 bits per heavy atom. The number of anilines is 1. The van der Waals surface area contributed by atoms with Gasteiger partial charge in [-0.25, -0.2) is 14.4 Å². The maximum Gasteiger partial charge on any atom is 0.352 e. The molecule has 5 unspecified atom stereocenters. The number of para-hydroxylation sites is 1. The van der Waals surface area contributed by atoms with Crippen molar-refractivity contribution < 1.29 is 103 Å². The van der Waals surface area contributed by atoms with Crippen molar-refractivity contribution in [2.24, 2.45) is 5.16 Å². The van der Waals surface area contributed by atoms with Crippen molar-refractivity contribution in [3.8, 4) is 28.7 Å². The van der Waals surface area contributed by atoms with Gasteiger partial charge in [-0.2, -0.15) is 4.57 Å². The number of oxime groups is 1. The second-order valence-corrected chi connectivity index (χ2v) is 17.6. The summed E-state index contributed by atoms with van der Waals surface area (Å²) in [6.07, 6.45) is 0.929. The number of aliphatic hydroxyl groups excluding tert-OH is 2. The van der Waals surface area contributed by atoms with Gasteiger partial charge in [0, 0.05) is 18.2 Å². The summed E-state index contributed by atoms with van der Waals surface area (Å²) >= 11 is 1.99. The van der Waals surface area contributed by atoms with Crippen LogP contribution in [0.2, 0.25) is 0 Å². The van der Waals surface area contributed by atoms with E-state index in [4.69, 9.17) is 24.8 Å². The number of esters is 2. The zero-order valence-corrected chi connectivity index (χ0v) is 41.1. The number of phenolic OH excluding ortho intramolecular Hbond substituents is 4. The van der Waals surface area contributed by atoms with E-state index in [1.54, 1.807) is 6.92 Å². The predicted octanol–water partition coefficient (Wildman–Crippen LogP) is -1.08. The van der Waals surface area contributed by atoms with Gasteiger partial charge in [0.25, 0.3) is 29.5 Å². The number of aromatic hydroxyl groups is 4. The number of hydrogen-bond donors (Lipinski definition) is 12. The van der Waals surface area contributed by atoms with Crippen LogP contribution in [0.1, 0.15) is 33.3 Å². The third-order valence-electron chi connectivity index (χ3n) is 10.7. The number of aliphatic hydroxyl groups is 2. The molecular formula is C45H47N8O20S2+. The van der Waals surface area contributed by atoms with Crippen LogP contribution in [-0.4, -0.2) is 169 Å². The number of aromatic nitrogens is 1. The number of amides is 5. The summed E-state index contributed by atoms with van der Waals surface area (Å²) in [4.78, 5) is 124. The van der Waals surface area contributed by atoms with Gasteiger partial charge in [0.15, 0.2) is 58.0 Å². The fourth-order valence-electron chi connectivity index (χ4n) is 7.05. The van der Waals surface area contributed by atoms with E-state index in [2.05, 4.69) is 39.6 Å². The molecule has 0 aliphatic carbocycles. The SMILES string of the molecule is C=C/C(C(=O)NC(C=O)COC(=O)C(COC(=O)C(COC)NC(=O)c1c(-[n+]2c(/C(=N/OC)C(=O)NC3C(=O)N4C(C(=O)O)=C(C)CSC34)csc2N)ccc(O)c1O)NC(=O)c1cccc(O)c1O)=C(/O)C(=C)O. The number of hydrogen-bond acceptors (Lipinski definition) is 23. The largest absolute Gasteiger partial charge is 0.505 e. The smallest absolute Gasteiger partial charge is 0.352 e. The zero-order valence-electron chi connectivity index (χ0n) is 39.4. The average Bonchev–Trinajstić information content (AvgIpc) is 3.75. The first kappa shape index (κ1) is 56.8. The maximum atomic E-state index is 14.2. The number of nitrogens with zero attached hydrogens (tertiary/aromatic N) is 3. The van der Waals surface area contributed by atoms with Crippen LogP contribution in [0.25, 0.3) is 5.69 Å². The summed E-state index contributed by atoms with van der Waals surface area (Å²) in [6.45, 7) is 5.17. The summed E-state index contributed by atoms with van der Waals surface area (Å²) in [6, 6.07) is -1.50. The molecule has 2 aromatic carbocycles. The van der Waals surface area contributed by atoms with E-state index < -0.39 is 154 Å². The number of nitrogen functional groups attached to an aromatic ring is 1. The number of aliphatic carboxylic acids is 1. The minimum absolute atomic E-state index is 0.110. The van der Waals surface area contributed by atoms with E-state index in [-0.39, 0.29) is 34.2 Å². The highest BCUT2D eigenvalue weighted by Gasteiger charge is 2.54. The molecule has 0 bridgehead atoms. The van der Waals surface area contributed by atoms with Gasteiger partial charge in [-0.05, 0) is 36.8 Å². The lowest BCUT2D eigenvalue weighted by molar-refractivity contribution is -0.576. The summed E-state index contributed by atoms with van der Waals surface area (Å²) in [7, 11) is 2.19. The molecule has 5 atom stereocenters. The lowest BCUT2D eigenvalue weighted by Crippen LogP contribution is -2.71. The van der Waals surface area contributed by atoms with E-state index in [1.165, 1.54) is 17.1 Å². The molecular weight excluding hydrogens is 1040 g/mol. The van der Waals surface area contributed by atoms with Gasteiger partial charge in [0.2, 0.25) is 5.71 Å². The number of β-lactam (4-membered cyclic amide) rings is 1. The highest BCUT2D eigenvalue weighted by Crippen LogP contribution is 2.40. The minimum Gasteiger partial charge on any atom is -0.505 e. The van der Waals surface area contributed by atoms with Crippen LogP contribution in [0.5, 0.6) is 23.0 Å². The Morgan fingerprint density at radius 2 is 1.55 bits per heavy atom. The number of phenols is 4. The molecule has 30 heteroatoms. The number of carboxylic acids is 1. The van der Waals surface area contributed by atoms with Gasteiger partial charge >= 0.3 is 23.0 Å². The number of nitrogens with two attached hydrogens (primary N) is 1. The molecule has 3 aromatic rings. The summed E-state index contributed by atoms with van der Waals surface area (Å²) < 4.78 is 16.6. The van der Waals surface area contributed by atoms with Crippen molar-refractivity contribution in [2.45, 2.75) is 36.5 Å². The van der Waals surface area contributed by atoms with Gasteiger partial charge in [-0.3, -0.25) is 34.6 Å². The van der Waals surface area contributed by atoms with Gasteiger partial charge in [-0.1, -0.05) is 41.8 Å². The molecule has 75 heavy (non-hydrogen) atoms. The lowest BCUT2D eigenvalue weighted by Gasteiger charge is -2.49. The molecule has 0 spiro atoms. The van der Waals surface area contributed by atoms with Crippen LogP contribution in [0.4, 0.5) is 5.13 Å². The Labute approximate surface area is 431 Å². The first-order valence-corrected chi connectivity index (χ1v) is 23.2. The number of fused-ring (bicyclic) bond motifs is 1. The van der Waals surface area contributed by atoms with Gasteiger partial charge < -0.3 is 80.9 Å². The molecule has 1 saturated heterocycles. The Balaban J connectivity index is 1.40. The number of methoxy groups -OCH3 is 1. The zero-order chi connectivity index (χ0) is 55.6. The molecule has 5 rings (SSSR count). The Morgan fingerprint density at radius 3 is 2.16 bits per heavy atom. The molecule has 2 aliphatic heterocycles. The number of ether oxygens (including phenoxy) is 3. The summed E-state index contributed by atoms with van der Waals surface area (Å²) in [5.74, 6) is -15.0. The highest BCUT2D eigenvalue weighted by atomic mass is 32.2. The van der Waals surface area contributed by atoms with Crippen molar-refractivity contribution in [3.05, 3.63) is 100 Å². The fourth-order valence-corrected chi connectivity index (χ4v) is 9.09. The Bertz CT molecular complexity index is 2970. The number of rotatable bonds is 23. The Kier molecular flexibility index (Phi) is 18.5. The first-order valence-electron chi connectivity index (χ1n) is 21.3. The fraction of sp³-hybridized carbons (Fsp3) is 0.267. The number of thioether (sulfide) groups is 1. The molecule has 2 aliphatic rings. The number of carboxylic acid groups (broad SMARTS) is 1. The average molecular weight is 1080 g/mol. The van der Waals surface area contributed by atoms with Crippen LogP contribution in [0.15, 0.2) is 88.5 Å². The van der Waals surface area contributed by atoms with Crippen molar-refractivity contribution >= 4 is 87.7 Å².